The van der Waals surface area contributed by atoms with Crippen LogP contribution in [0.25, 0.3) is 0 Å². The van der Waals surface area contributed by atoms with Crippen molar-refractivity contribution in [3.05, 3.63) is 29.8 Å². The standard InChI is InChI=1S/C13H18N4O3/c1-17(2)8-7-15-12(19)13(20)16-11(18)9-3-5-10(14)6-4-9/h3-6H,7-8,14H2,1-2H3,(H,15,19)(H,16,18,20). The Labute approximate surface area is 117 Å². The van der Waals surface area contributed by atoms with Crippen LogP contribution in [0.15, 0.2) is 24.3 Å². The van der Waals surface area contributed by atoms with Gasteiger partial charge in [-0.25, -0.2) is 0 Å². The Morgan fingerprint density at radius 3 is 2.25 bits per heavy atom. The molecule has 0 aromatic heterocycles. The van der Waals surface area contributed by atoms with Crippen LogP contribution >= 0.6 is 0 Å². The largest absolute Gasteiger partial charge is 0.399 e. The molecule has 0 aliphatic carbocycles. The van der Waals surface area contributed by atoms with Gasteiger partial charge < -0.3 is 16.0 Å². The Balaban J connectivity index is 2.47. The van der Waals surface area contributed by atoms with E-state index in [-0.39, 0.29) is 5.56 Å². The van der Waals surface area contributed by atoms with Crippen molar-refractivity contribution in [3.63, 3.8) is 0 Å². The van der Waals surface area contributed by atoms with Crippen LogP contribution in [-0.2, 0) is 9.59 Å². The quantitative estimate of drug-likeness (QED) is 0.494. The molecule has 0 saturated heterocycles. The molecule has 1 aromatic carbocycles. The smallest absolute Gasteiger partial charge is 0.316 e. The van der Waals surface area contributed by atoms with Gasteiger partial charge in [-0.3, -0.25) is 19.7 Å². The fraction of sp³-hybridized carbons (Fsp3) is 0.308. The predicted octanol–water partition coefficient (Wildman–Crippen LogP) is -0.797. The van der Waals surface area contributed by atoms with Crippen molar-refractivity contribution in [2.75, 3.05) is 32.9 Å². The van der Waals surface area contributed by atoms with E-state index in [2.05, 4.69) is 5.32 Å². The highest BCUT2D eigenvalue weighted by atomic mass is 16.2. The second-order valence-electron chi connectivity index (χ2n) is 4.46. The first kappa shape index (κ1) is 15.6. The zero-order valence-electron chi connectivity index (χ0n) is 11.5. The van der Waals surface area contributed by atoms with Gasteiger partial charge in [0.15, 0.2) is 0 Å². The summed E-state index contributed by atoms with van der Waals surface area (Å²) in [5.41, 5.74) is 6.26. The van der Waals surface area contributed by atoms with Crippen LogP contribution in [0.5, 0.6) is 0 Å². The first-order valence-corrected chi connectivity index (χ1v) is 6.04. The molecule has 7 nitrogen and oxygen atoms in total. The van der Waals surface area contributed by atoms with Crippen molar-refractivity contribution < 1.29 is 14.4 Å². The van der Waals surface area contributed by atoms with E-state index in [1.807, 2.05) is 24.3 Å². The molecule has 0 unspecified atom stereocenters. The molecule has 4 N–H and O–H groups in total. The Morgan fingerprint density at radius 2 is 1.70 bits per heavy atom. The number of benzene rings is 1. The van der Waals surface area contributed by atoms with E-state index >= 15 is 0 Å². The normalized spacial score (nSPS) is 10.2. The summed E-state index contributed by atoms with van der Waals surface area (Å²) in [6.45, 7) is 0.931. The van der Waals surface area contributed by atoms with Crippen molar-refractivity contribution in [1.82, 2.24) is 15.5 Å². The van der Waals surface area contributed by atoms with Crippen LogP contribution in [0.3, 0.4) is 0 Å². The molecule has 7 heteroatoms. The maximum atomic E-state index is 11.7. The summed E-state index contributed by atoms with van der Waals surface area (Å²) in [5, 5.41) is 4.42. The van der Waals surface area contributed by atoms with E-state index in [0.29, 0.717) is 18.8 Å². The summed E-state index contributed by atoms with van der Waals surface area (Å²) >= 11 is 0. The van der Waals surface area contributed by atoms with Crippen LogP contribution in [0.1, 0.15) is 10.4 Å². The van der Waals surface area contributed by atoms with E-state index in [0.717, 1.165) is 0 Å². The van der Waals surface area contributed by atoms with Crippen molar-refractivity contribution in [3.8, 4) is 0 Å². The van der Waals surface area contributed by atoms with Gasteiger partial charge in [0, 0.05) is 24.3 Å². The number of imide groups is 1. The van der Waals surface area contributed by atoms with Crippen molar-refractivity contribution in [2.24, 2.45) is 0 Å². The number of hydrogen-bond acceptors (Lipinski definition) is 5. The lowest BCUT2D eigenvalue weighted by molar-refractivity contribution is -0.138. The summed E-state index contributed by atoms with van der Waals surface area (Å²) in [4.78, 5) is 36.5. The summed E-state index contributed by atoms with van der Waals surface area (Å²) in [6, 6.07) is 6.02. The number of nitrogen functional groups attached to an aromatic ring is 1. The van der Waals surface area contributed by atoms with Gasteiger partial charge in [-0.05, 0) is 38.4 Å². The molecule has 3 amide bonds. The number of rotatable bonds is 4. The molecule has 0 fully saturated rings. The van der Waals surface area contributed by atoms with Crippen LogP contribution < -0.4 is 16.4 Å². The third-order valence-electron chi connectivity index (χ3n) is 2.45. The minimum atomic E-state index is -0.981. The third-order valence-corrected chi connectivity index (χ3v) is 2.45. The molecule has 0 spiro atoms. The molecule has 108 valence electrons. The lowest BCUT2D eigenvalue weighted by Crippen LogP contribution is -2.44. The molecule has 20 heavy (non-hydrogen) atoms. The van der Waals surface area contributed by atoms with Crippen molar-refractivity contribution >= 4 is 23.4 Å². The fourth-order valence-corrected chi connectivity index (χ4v) is 1.34. The Kier molecular flexibility index (Phi) is 5.67. The second-order valence-corrected chi connectivity index (χ2v) is 4.46. The third kappa shape index (κ3) is 5.07. The number of carbonyl (C=O) groups excluding carboxylic acids is 3. The highest BCUT2D eigenvalue weighted by Crippen LogP contribution is 2.04. The number of nitrogens with two attached hydrogens (primary N) is 1. The minimum Gasteiger partial charge on any atom is -0.399 e. The van der Waals surface area contributed by atoms with E-state index in [4.69, 9.17) is 5.73 Å². The topological polar surface area (TPSA) is 105 Å². The number of nitrogens with zero attached hydrogens (tertiary/aromatic N) is 1. The Hall–Kier alpha value is -2.41. The molecular weight excluding hydrogens is 260 g/mol. The maximum absolute atomic E-state index is 11.7. The predicted molar refractivity (Wildman–Crippen MR) is 74.9 cm³/mol. The molecule has 1 rings (SSSR count). The van der Waals surface area contributed by atoms with Gasteiger partial charge in [-0.15, -0.1) is 0 Å². The zero-order chi connectivity index (χ0) is 15.1. The van der Waals surface area contributed by atoms with Gasteiger partial charge in [0.05, 0.1) is 0 Å². The average Bonchev–Trinajstić information content (AvgIpc) is 2.38. The first-order valence-electron chi connectivity index (χ1n) is 6.04. The summed E-state index contributed by atoms with van der Waals surface area (Å²) in [5.74, 6) is -2.46. The molecule has 0 heterocycles. The van der Waals surface area contributed by atoms with Crippen LogP contribution in [0, 0.1) is 0 Å². The molecule has 0 saturated carbocycles. The Morgan fingerprint density at radius 1 is 1.10 bits per heavy atom. The molecule has 0 aliphatic rings. The molecule has 0 aliphatic heterocycles. The Bertz CT molecular complexity index is 497. The van der Waals surface area contributed by atoms with Gasteiger partial charge in [0.1, 0.15) is 0 Å². The number of hydrogen-bond donors (Lipinski definition) is 3. The van der Waals surface area contributed by atoms with Crippen LogP contribution in [-0.4, -0.2) is 49.8 Å². The van der Waals surface area contributed by atoms with Gasteiger partial charge in [0.2, 0.25) is 0 Å². The molecule has 0 radical (unpaired) electrons. The summed E-state index contributed by atoms with van der Waals surface area (Å²) in [6.07, 6.45) is 0. The number of likely N-dealkylation sites (N-methyl/N-ethyl adjacent to an activating group) is 1. The zero-order valence-corrected chi connectivity index (χ0v) is 11.5. The summed E-state index contributed by atoms with van der Waals surface area (Å²) < 4.78 is 0. The highest BCUT2D eigenvalue weighted by Gasteiger charge is 2.17. The van der Waals surface area contributed by atoms with E-state index in [9.17, 15) is 14.4 Å². The van der Waals surface area contributed by atoms with Crippen LogP contribution in [0.4, 0.5) is 5.69 Å². The average molecular weight is 278 g/mol. The van der Waals surface area contributed by atoms with E-state index in [1.165, 1.54) is 24.3 Å². The fourth-order valence-electron chi connectivity index (χ4n) is 1.34. The van der Waals surface area contributed by atoms with Crippen molar-refractivity contribution in [1.29, 1.82) is 0 Å². The molecule has 0 bridgehead atoms. The number of nitrogens with one attached hydrogen (secondary N) is 2. The maximum Gasteiger partial charge on any atom is 0.316 e. The number of carbonyl (C=O) groups is 3. The minimum absolute atomic E-state index is 0.258. The van der Waals surface area contributed by atoms with Gasteiger partial charge in [0.25, 0.3) is 5.91 Å². The molecule has 1 aromatic rings. The monoisotopic (exact) mass is 278 g/mol. The SMILES string of the molecule is CN(C)CCNC(=O)C(=O)NC(=O)c1ccc(N)cc1. The highest BCUT2D eigenvalue weighted by molar-refractivity contribution is 6.38. The second kappa shape index (κ2) is 7.25. The number of amides is 3. The first-order chi connectivity index (χ1) is 9.40. The lowest BCUT2D eigenvalue weighted by atomic mass is 10.2. The van der Waals surface area contributed by atoms with Gasteiger partial charge >= 0.3 is 11.8 Å². The van der Waals surface area contributed by atoms with Crippen LogP contribution in [0.2, 0.25) is 0 Å². The van der Waals surface area contributed by atoms with Gasteiger partial charge in [-0.1, -0.05) is 0 Å². The van der Waals surface area contributed by atoms with Gasteiger partial charge in [-0.2, -0.15) is 0 Å². The molecule has 0 atom stereocenters. The molecular formula is C13H18N4O3. The lowest BCUT2D eigenvalue weighted by Gasteiger charge is -2.10. The van der Waals surface area contributed by atoms with Crippen molar-refractivity contribution in [2.45, 2.75) is 0 Å². The van der Waals surface area contributed by atoms with E-state index < -0.39 is 17.7 Å². The number of anilines is 1. The summed E-state index contributed by atoms with van der Waals surface area (Å²) in [7, 11) is 3.69. The van der Waals surface area contributed by atoms with E-state index in [1.54, 1.807) is 0 Å².